The lowest BCUT2D eigenvalue weighted by molar-refractivity contribution is 0.546. The molecule has 3 heterocycles. The summed E-state index contributed by atoms with van der Waals surface area (Å²) < 4.78 is 2.73. The molecule has 0 spiro atoms. The van der Waals surface area contributed by atoms with Crippen LogP contribution in [0.2, 0.25) is 0 Å². The van der Waals surface area contributed by atoms with Gasteiger partial charge in [0.15, 0.2) is 10.6 Å². The molecule has 20 heavy (non-hydrogen) atoms. The number of nitrogens with one attached hydrogen (secondary N) is 1. The fraction of sp³-hybridized carbons (Fsp3) is 0.214. The van der Waals surface area contributed by atoms with Gasteiger partial charge in [0.1, 0.15) is 0 Å². The summed E-state index contributed by atoms with van der Waals surface area (Å²) in [7, 11) is 0. The van der Waals surface area contributed by atoms with Gasteiger partial charge in [0.05, 0.1) is 0 Å². The molecule has 0 aliphatic heterocycles. The number of H-pyrrole nitrogens is 1. The van der Waals surface area contributed by atoms with E-state index in [0.717, 1.165) is 17.8 Å². The van der Waals surface area contributed by atoms with Crippen molar-refractivity contribution in [3.8, 4) is 11.4 Å². The highest BCUT2D eigenvalue weighted by Gasteiger charge is 2.15. The van der Waals surface area contributed by atoms with Crippen LogP contribution in [-0.4, -0.2) is 19.7 Å². The van der Waals surface area contributed by atoms with Gasteiger partial charge in [0.2, 0.25) is 0 Å². The Morgan fingerprint density at radius 3 is 2.85 bits per heavy atom. The van der Waals surface area contributed by atoms with Crippen molar-refractivity contribution < 1.29 is 0 Å². The van der Waals surface area contributed by atoms with E-state index in [1.165, 1.54) is 4.88 Å². The first-order chi connectivity index (χ1) is 9.75. The molecule has 102 valence electrons. The van der Waals surface area contributed by atoms with Crippen LogP contribution in [0.1, 0.15) is 17.8 Å². The third-order valence-electron chi connectivity index (χ3n) is 3.16. The van der Waals surface area contributed by atoms with Gasteiger partial charge in [-0.3, -0.25) is 14.6 Å². The number of rotatable bonds is 4. The summed E-state index contributed by atoms with van der Waals surface area (Å²) in [6, 6.07) is 8.36. The Balaban J connectivity index is 1.97. The number of aromatic nitrogens is 4. The topological polar surface area (TPSA) is 46.5 Å². The van der Waals surface area contributed by atoms with Gasteiger partial charge in [-0.15, -0.1) is 11.3 Å². The lowest BCUT2D eigenvalue weighted by atomic mass is 10.2. The molecule has 3 aromatic heterocycles. The van der Waals surface area contributed by atoms with E-state index in [1.807, 2.05) is 12.1 Å². The molecule has 6 heteroatoms. The van der Waals surface area contributed by atoms with Crippen LogP contribution in [0.15, 0.2) is 42.0 Å². The second-order valence-corrected chi connectivity index (χ2v) is 6.01. The minimum atomic E-state index is 0.253. The molecule has 3 aromatic rings. The maximum atomic E-state index is 5.38. The highest BCUT2D eigenvalue weighted by atomic mass is 32.1. The fourth-order valence-corrected chi connectivity index (χ4v) is 3.37. The van der Waals surface area contributed by atoms with Crippen molar-refractivity contribution in [1.82, 2.24) is 19.7 Å². The van der Waals surface area contributed by atoms with Crippen LogP contribution < -0.4 is 0 Å². The molecule has 0 saturated heterocycles. The summed E-state index contributed by atoms with van der Waals surface area (Å²) in [6.07, 6.45) is 4.48. The molecule has 1 N–H and O–H groups in total. The first kappa shape index (κ1) is 13.2. The van der Waals surface area contributed by atoms with Gasteiger partial charge < -0.3 is 0 Å². The zero-order valence-corrected chi connectivity index (χ0v) is 12.6. The third-order valence-corrected chi connectivity index (χ3v) is 4.35. The van der Waals surface area contributed by atoms with Gasteiger partial charge in [-0.05, 0) is 42.7 Å². The molecule has 0 aromatic carbocycles. The molecule has 0 amide bonds. The summed E-state index contributed by atoms with van der Waals surface area (Å²) in [6.45, 7) is 2.16. The van der Waals surface area contributed by atoms with E-state index in [4.69, 9.17) is 12.2 Å². The Morgan fingerprint density at radius 1 is 1.35 bits per heavy atom. The predicted octanol–water partition coefficient (Wildman–Crippen LogP) is 3.87. The minimum Gasteiger partial charge on any atom is -0.297 e. The molecule has 0 radical (unpaired) electrons. The van der Waals surface area contributed by atoms with E-state index >= 15 is 0 Å². The van der Waals surface area contributed by atoms with Gasteiger partial charge >= 0.3 is 0 Å². The normalized spacial score (nSPS) is 12.4. The van der Waals surface area contributed by atoms with E-state index in [0.29, 0.717) is 4.77 Å². The van der Waals surface area contributed by atoms with Crippen molar-refractivity contribution in [1.29, 1.82) is 0 Å². The van der Waals surface area contributed by atoms with Crippen LogP contribution in [0.3, 0.4) is 0 Å². The molecular weight excluding hydrogens is 288 g/mol. The van der Waals surface area contributed by atoms with Gasteiger partial charge in [-0.2, -0.15) is 5.10 Å². The van der Waals surface area contributed by atoms with E-state index < -0.39 is 0 Å². The molecule has 0 aliphatic rings. The van der Waals surface area contributed by atoms with Crippen LogP contribution in [0, 0.1) is 4.77 Å². The summed E-state index contributed by atoms with van der Waals surface area (Å²) in [5, 5.41) is 9.35. The molecule has 0 aliphatic carbocycles. The summed E-state index contributed by atoms with van der Waals surface area (Å²) in [4.78, 5) is 5.39. The van der Waals surface area contributed by atoms with Crippen molar-refractivity contribution in [3.05, 3.63) is 51.7 Å². The van der Waals surface area contributed by atoms with Gasteiger partial charge in [0, 0.05) is 35.3 Å². The highest BCUT2D eigenvalue weighted by Crippen LogP contribution is 2.24. The Kier molecular flexibility index (Phi) is 3.75. The van der Waals surface area contributed by atoms with Crippen molar-refractivity contribution in [2.45, 2.75) is 19.4 Å². The molecule has 1 unspecified atom stereocenters. The van der Waals surface area contributed by atoms with Crippen LogP contribution in [-0.2, 0) is 6.42 Å². The van der Waals surface area contributed by atoms with E-state index in [2.05, 4.69) is 44.2 Å². The predicted molar refractivity (Wildman–Crippen MR) is 83.4 cm³/mol. The minimum absolute atomic E-state index is 0.253. The standard InChI is InChI=1S/C14H14N4S2/c1-10(9-12-3-2-8-20-12)18-13(16-17-14(18)19)11-4-6-15-7-5-11/h2-8,10H,9H2,1H3,(H,17,19). The van der Waals surface area contributed by atoms with Crippen LogP contribution in [0.5, 0.6) is 0 Å². The van der Waals surface area contributed by atoms with Crippen LogP contribution in [0.4, 0.5) is 0 Å². The number of hydrogen-bond donors (Lipinski definition) is 1. The summed E-state index contributed by atoms with van der Waals surface area (Å²) >= 11 is 7.15. The van der Waals surface area contributed by atoms with Crippen LogP contribution in [0.25, 0.3) is 11.4 Å². The lowest BCUT2D eigenvalue weighted by Gasteiger charge is -2.14. The average Bonchev–Trinajstić information content (AvgIpc) is 3.09. The second kappa shape index (κ2) is 5.68. The number of pyridine rings is 1. The SMILES string of the molecule is CC(Cc1cccs1)n1c(-c2ccncc2)n[nH]c1=S. The Hall–Kier alpha value is -1.79. The van der Waals surface area contributed by atoms with E-state index in [1.54, 1.807) is 23.7 Å². The number of thiophene rings is 1. The van der Waals surface area contributed by atoms with Crippen molar-refractivity contribution in [2.24, 2.45) is 0 Å². The Labute approximate surface area is 126 Å². The van der Waals surface area contributed by atoms with E-state index in [9.17, 15) is 0 Å². The molecule has 0 bridgehead atoms. The largest absolute Gasteiger partial charge is 0.297 e. The molecule has 3 rings (SSSR count). The number of nitrogens with zero attached hydrogens (tertiary/aromatic N) is 3. The van der Waals surface area contributed by atoms with Crippen molar-refractivity contribution >= 4 is 23.6 Å². The highest BCUT2D eigenvalue weighted by molar-refractivity contribution is 7.71. The monoisotopic (exact) mass is 302 g/mol. The van der Waals surface area contributed by atoms with Gasteiger partial charge in [0.25, 0.3) is 0 Å². The maximum Gasteiger partial charge on any atom is 0.195 e. The lowest BCUT2D eigenvalue weighted by Crippen LogP contribution is -2.09. The summed E-state index contributed by atoms with van der Waals surface area (Å²) in [5.74, 6) is 0.862. The van der Waals surface area contributed by atoms with Crippen molar-refractivity contribution in [2.75, 3.05) is 0 Å². The van der Waals surface area contributed by atoms with Gasteiger partial charge in [-0.25, -0.2) is 0 Å². The first-order valence-corrected chi connectivity index (χ1v) is 7.64. The Bertz CT molecular complexity index is 728. The molecule has 1 atom stereocenters. The molecule has 4 nitrogen and oxygen atoms in total. The number of aromatic amines is 1. The van der Waals surface area contributed by atoms with Crippen molar-refractivity contribution in [3.63, 3.8) is 0 Å². The molecule has 0 fully saturated rings. The first-order valence-electron chi connectivity index (χ1n) is 6.35. The molecule has 0 saturated carbocycles. The second-order valence-electron chi connectivity index (χ2n) is 4.59. The Morgan fingerprint density at radius 2 is 2.15 bits per heavy atom. The van der Waals surface area contributed by atoms with E-state index in [-0.39, 0.29) is 6.04 Å². The average molecular weight is 302 g/mol. The quantitative estimate of drug-likeness (QED) is 0.744. The summed E-state index contributed by atoms with van der Waals surface area (Å²) in [5.41, 5.74) is 1.02. The zero-order valence-electron chi connectivity index (χ0n) is 11.0. The zero-order chi connectivity index (χ0) is 13.9. The van der Waals surface area contributed by atoms with Gasteiger partial charge in [-0.1, -0.05) is 6.07 Å². The smallest absolute Gasteiger partial charge is 0.195 e. The fourth-order valence-electron chi connectivity index (χ4n) is 2.23. The van der Waals surface area contributed by atoms with Crippen LogP contribution >= 0.6 is 23.6 Å². The number of hydrogen-bond acceptors (Lipinski definition) is 4. The maximum absolute atomic E-state index is 5.38. The third kappa shape index (κ3) is 2.57. The molecular formula is C14H14N4S2.